The smallest absolute Gasteiger partial charge is 0.195 e. The lowest BCUT2D eigenvalue weighted by atomic mass is 9.93. The maximum atomic E-state index is 6.49. The first-order chi connectivity index (χ1) is 12.1. The van der Waals surface area contributed by atoms with Crippen molar-refractivity contribution in [2.45, 2.75) is 31.9 Å². The number of halogens is 2. The van der Waals surface area contributed by atoms with Gasteiger partial charge in [0.1, 0.15) is 11.6 Å². The van der Waals surface area contributed by atoms with E-state index in [1.165, 1.54) is 38.8 Å². The second kappa shape index (κ2) is 7.07. The molecule has 2 saturated heterocycles. The molecule has 0 spiro atoms. The molecule has 25 heavy (non-hydrogen) atoms. The minimum absolute atomic E-state index is 0.0142. The van der Waals surface area contributed by atoms with Crippen molar-refractivity contribution in [1.82, 2.24) is 4.90 Å². The summed E-state index contributed by atoms with van der Waals surface area (Å²) in [5, 5.41) is 5.82. The zero-order valence-corrected chi connectivity index (χ0v) is 16.3. The van der Waals surface area contributed by atoms with Crippen LogP contribution in [0.3, 0.4) is 0 Å². The number of quaternary nitrogens is 1. The summed E-state index contributed by atoms with van der Waals surface area (Å²) in [5.74, 6) is 0.207. The van der Waals surface area contributed by atoms with Crippen molar-refractivity contribution in [3.8, 4) is 0 Å². The zero-order chi connectivity index (χ0) is 17.4. The van der Waals surface area contributed by atoms with Crippen molar-refractivity contribution in [2.75, 3.05) is 39.8 Å². The number of benzene rings is 1. The Morgan fingerprint density at radius 2 is 1.76 bits per heavy atom. The lowest BCUT2D eigenvalue weighted by molar-refractivity contribution is -0.900. The first-order valence-corrected chi connectivity index (χ1v) is 10.1. The summed E-state index contributed by atoms with van der Waals surface area (Å²) in [7, 11) is 2.36. The zero-order valence-electron chi connectivity index (χ0n) is 14.8. The molecule has 4 nitrogen and oxygen atoms in total. The van der Waals surface area contributed by atoms with E-state index >= 15 is 0 Å². The molecule has 1 aromatic rings. The summed E-state index contributed by atoms with van der Waals surface area (Å²) in [6, 6.07) is 5.65. The van der Waals surface area contributed by atoms with Crippen LogP contribution in [0.5, 0.6) is 0 Å². The van der Waals surface area contributed by atoms with Gasteiger partial charge in [0.25, 0.3) is 0 Å². The summed E-state index contributed by atoms with van der Waals surface area (Å²) in [6.45, 7) is 5.66. The molecule has 2 atom stereocenters. The molecule has 0 aliphatic carbocycles. The molecular formula is C19H26Cl2N3O+. The summed E-state index contributed by atoms with van der Waals surface area (Å²) in [5.41, 5.74) is 1.78. The molecule has 0 bridgehead atoms. The van der Waals surface area contributed by atoms with Gasteiger partial charge in [-0.2, -0.15) is 0 Å². The normalized spacial score (nSPS) is 29.0. The van der Waals surface area contributed by atoms with E-state index in [0.29, 0.717) is 10.0 Å². The van der Waals surface area contributed by atoms with E-state index in [1.54, 1.807) is 0 Å². The fourth-order valence-corrected chi connectivity index (χ4v) is 5.20. The maximum Gasteiger partial charge on any atom is 0.195 e. The van der Waals surface area contributed by atoms with Crippen LogP contribution in [-0.4, -0.2) is 61.1 Å². The van der Waals surface area contributed by atoms with Crippen LogP contribution in [0.2, 0.25) is 10.0 Å². The molecule has 3 aliphatic rings. The Balaban J connectivity index is 1.67. The average molecular weight is 383 g/mol. The Labute approximate surface area is 159 Å². The Kier molecular flexibility index (Phi) is 4.98. The molecule has 2 fully saturated rings. The predicted molar refractivity (Wildman–Crippen MR) is 102 cm³/mol. The van der Waals surface area contributed by atoms with Gasteiger partial charge in [0.2, 0.25) is 0 Å². The summed E-state index contributed by atoms with van der Waals surface area (Å²) in [4.78, 5) is 8.41. The quantitative estimate of drug-likeness (QED) is 0.734. The van der Waals surface area contributed by atoms with E-state index in [1.807, 2.05) is 18.2 Å². The molecule has 3 heterocycles. The summed E-state index contributed by atoms with van der Waals surface area (Å²) >= 11 is 13.0. The summed E-state index contributed by atoms with van der Waals surface area (Å²) < 4.78 is 1.08. The molecule has 0 N–H and O–H groups in total. The van der Waals surface area contributed by atoms with Crippen LogP contribution in [0.1, 0.15) is 31.2 Å². The molecule has 0 amide bonds. The van der Waals surface area contributed by atoms with E-state index in [0.717, 1.165) is 35.4 Å². The monoisotopic (exact) mass is 382 g/mol. The SMILES string of the molecule is C[N+]1(C[C@H]2C(c3c(Cl)cccc3Cl)=NO[C@@H]2N2CCCC2)CCCC1. The van der Waals surface area contributed by atoms with Gasteiger partial charge >= 0.3 is 0 Å². The van der Waals surface area contributed by atoms with Crippen LogP contribution in [0.15, 0.2) is 23.4 Å². The van der Waals surface area contributed by atoms with Crippen LogP contribution in [0.25, 0.3) is 0 Å². The van der Waals surface area contributed by atoms with Crippen LogP contribution in [-0.2, 0) is 4.84 Å². The number of nitrogens with zero attached hydrogens (tertiary/aromatic N) is 3. The highest BCUT2D eigenvalue weighted by Crippen LogP contribution is 2.36. The highest BCUT2D eigenvalue weighted by molar-refractivity contribution is 6.40. The number of hydrogen-bond donors (Lipinski definition) is 0. The van der Waals surface area contributed by atoms with Gasteiger partial charge in [-0.05, 0) is 25.0 Å². The number of rotatable bonds is 4. The highest BCUT2D eigenvalue weighted by Gasteiger charge is 2.45. The third-order valence-electron chi connectivity index (χ3n) is 5.96. The molecule has 1 aromatic carbocycles. The Hall–Kier alpha value is -0.810. The maximum absolute atomic E-state index is 6.49. The second-order valence-corrected chi connectivity index (χ2v) is 8.69. The van der Waals surface area contributed by atoms with E-state index < -0.39 is 0 Å². The van der Waals surface area contributed by atoms with Gasteiger partial charge in [0.15, 0.2) is 6.23 Å². The van der Waals surface area contributed by atoms with Gasteiger partial charge in [-0.15, -0.1) is 0 Å². The first kappa shape index (κ1) is 17.6. The van der Waals surface area contributed by atoms with Gasteiger partial charge in [0, 0.05) is 31.5 Å². The van der Waals surface area contributed by atoms with Crippen LogP contribution in [0, 0.1) is 5.92 Å². The molecule has 3 aliphatic heterocycles. The lowest BCUT2D eigenvalue weighted by Gasteiger charge is -2.35. The molecule has 6 heteroatoms. The van der Waals surface area contributed by atoms with Crippen molar-refractivity contribution >= 4 is 28.9 Å². The van der Waals surface area contributed by atoms with Crippen LogP contribution in [0.4, 0.5) is 0 Å². The van der Waals surface area contributed by atoms with Crippen LogP contribution < -0.4 is 0 Å². The van der Waals surface area contributed by atoms with Crippen molar-refractivity contribution in [1.29, 1.82) is 0 Å². The van der Waals surface area contributed by atoms with E-state index in [-0.39, 0.29) is 12.1 Å². The van der Waals surface area contributed by atoms with E-state index in [2.05, 4.69) is 17.1 Å². The topological polar surface area (TPSA) is 24.8 Å². The second-order valence-electron chi connectivity index (χ2n) is 7.88. The Morgan fingerprint density at radius 1 is 1.12 bits per heavy atom. The molecule has 4 rings (SSSR count). The third-order valence-corrected chi connectivity index (χ3v) is 6.59. The number of likely N-dealkylation sites (tertiary alicyclic amines) is 2. The van der Waals surface area contributed by atoms with Crippen molar-refractivity contribution in [3.63, 3.8) is 0 Å². The largest absolute Gasteiger partial charge is 0.375 e. The molecule has 0 unspecified atom stereocenters. The molecule has 0 saturated carbocycles. The fraction of sp³-hybridized carbons (Fsp3) is 0.632. The Morgan fingerprint density at radius 3 is 2.40 bits per heavy atom. The predicted octanol–water partition coefficient (Wildman–Crippen LogP) is 4.01. The third kappa shape index (κ3) is 3.42. The van der Waals surface area contributed by atoms with Gasteiger partial charge < -0.3 is 9.32 Å². The summed E-state index contributed by atoms with van der Waals surface area (Å²) in [6.07, 6.45) is 5.09. The number of oxime groups is 1. The van der Waals surface area contributed by atoms with Crippen LogP contribution >= 0.6 is 23.2 Å². The highest BCUT2D eigenvalue weighted by atomic mass is 35.5. The van der Waals surface area contributed by atoms with Crippen molar-refractivity contribution in [3.05, 3.63) is 33.8 Å². The standard InChI is InChI=1S/C19H26Cl2N3O/c1-24(11-4-5-12-24)13-14-18(17-15(20)7-6-8-16(17)21)22-25-19(14)23-9-2-3-10-23/h6-8,14,19H,2-5,9-13H2,1H3/q+1/t14-,19-/m0/s1. The first-order valence-electron chi connectivity index (χ1n) is 9.33. The Bertz CT molecular complexity index is 646. The minimum Gasteiger partial charge on any atom is -0.375 e. The van der Waals surface area contributed by atoms with Gasteiger partial charge in [-0.1, -0.05) is 34.4 Å². The van der Waals surface area contributed by atoms with Gasteiger partial charge in [-0.3, -0.25) is 4.90 Å². The molecule has 0 aromatic heterocycles. The lowest BCUT2D eigenvalue weighted by Crippen LogP contribution is -2.51. The number of hydrogen-bond acceptors (Lipinski definition) is 3. The van der Waals surface area contributed by atoms with E-state index in [4.69, 9.17) is 28.0 Å². The minimum atomic E-state index is 0.0142. The van der Waals surface area contributed by atoms with Gasteiger partial charge in [-0.25, -0.2) is 0 Å². The average Bonchev–Trinajstić information content (AvgIpc) is 3.30. The fourth-order valence-electron chi connectivity index (χ4n) is 4.61. The van der Waals surface area contributed by atoms with E-state index in [9.17, 15) is 0 Å². The molecular weight excluding hydrogens is 357 g/mol. The molecule has 136 valence electrons. The van der Waals surface area contributed by atoms with Gasteiger partial charge in [0.05, 0.1) is 36.7 Å². The molecule has 0 radical (unpaired) electrons. The van der Waals surface area contributed by atoms with Crippen molar-refractivity contribution < 1.29 is 9.32 Å². The van der Waals surface area contributed by atoms with Crippen molar-refractivity contribution in [2.24, 2.45) is 11.1 Å².